The van der Waals surface area contributed by atoms with Crippen molar-refractivity contribution in [3.63, 3.8) is 0 Å². The molecule has 0 bridgehead atoms. The molecule has 2 aromatic rings. The Bertz CT molecular complexity index is 1110. The van der Waals surface area contributed by atoms with Gasteiger partial charge in [-0.05, 0) is 97.9 Å². The molecule has 0 saturated carbocycles. The van der Waals surface area contributed by atoms with E-state index in [1.54, 1.807) is 0 Å². The van der Waals surface area contributed by atoms with E-state index >= 15 is 0 Å². The quantitative estimate of drug-likeness (QED) is 0.0415. The van der Waals surface area contributed by atoms with E-state index in [4.69, 9.17) is 0 Å². The van der Waals surface area contributed by atoms with Crippen molar-refractivity contribution in [2.45, 2.75) is 218 Å². The molecule has 0 spiro atoms. The summed E-state index contributed by atoms with van der Waals surface area (Å²) in [5.41, 5.74) is 5.20. The third kappa shape index (κ3) is 21.6. The van der Waals surface area contributed by atoms with Gasteiger partial charge in [0.2, 0.25) is 0 Å². The van der Waals surface area contributed by atoms with Gasteiger partial charge in [0.1, 0.15) is 0 Å². The number of hydrogen-bond acceptors (Lipinski definition) is 2. The molecule has 0 amide bonds. The molecule has 2 unspecified atom stereocenters. The average molecular weight is 747 g/mol. The first-order chi connectivity index (χ1) is 25.6. The highest BCUT2D eigenvalue weighted by Gasteiger charge is 2.13. The average Bonchev–Trinajstić information content (AvgIpc) is 3.17. The fourth-order valence-corrected chi connectivity index (χ4v) is 9.78. The molecular weight excluding hydrogens is 665 g/mol. The van der Waals surface area contributed by atoms with Gasteiger partial charge in [-0.25, -0.2) is 0 Å². The van der Waals surface area contributed by atoms with Crippen LogP contribution in [0.1, 0.15) is 218 Å². The molecular formula is C50H82S2. The number of benzene rings is 2. The lowest BCUT2D eigenvalue weighted by molar-refractivity contribution is 0.440. The Hall–Kier alpha value is -1.30. The summed E-state index contributed by atoms with van der Waals surface area (Å²) in [6.45, 7) is 13.9. The lowest BCUT2D eigenvalue weighted by Crippen LogP contribution is -2.05. The minimum Gasteiger partial charge on any atom is -0.126 e. The van der Waals surface area contributed by atoms with Crippen LogP contribution in [0.4, 0.5) is 0 Å². The molecule has 0 aliphatic heterocycles. The Morgan fingerprint density at radius 1 is 0.404 bits per heavy atom. The largest absolute Gasteiger partial charge is 0.126 e. The van der Waals surface area contributed by atoms with Crippen molar-refractivity contribution in [2.24, 2.45) is 11.8 Å². The van der Waals surface area contributed by atoms with Crippen LogP contribution in [0.25, 0.3) is 0 Å². The van der Waals surface area contributed by atoms with Crippen molar-refractivity contribution in [3.05, 3.63) is 58.7 Å². The zero-order valence-electron chi connectivity index (χ0n) is 35.2. The molecule has 2 heteroatoms. The lowest BCUT2D eigenvalue weighted by atomic mass is 9.96. The van der Waals surface area contributed by atoms with Gasteiger partial charge in [-0.2, -0.15) is 0 Å². The van der Waals surface area contributed by atoms with E-state index in [0.717, 1.165) is 24.7 Å². The maximum Gasteiger partial charge on any atom is 0.0281 e. The van der Waals surface area contributed by atoms with Gasteiger partial charge in [-0.15, -0.1) is 23.5 Å². The molecule has 0 fully saturated rings. The van der Waals surface area contributed by atoms with Gasteiger partial charge in [-0.1, -0.05) is 182 Å². The Labute approximate surface area is 334 Å². The van der Waals surface area contributed by atoms with E-state index in [-0.39, 0.29) is 0 Å². The van der Waals surface area contributed by atoms with Crippen molar-refractivity contribution < 1.29 is 0 Å². The van der Waals surface area contributed by atoms with E-state index in [0.29, 0.717) is 0 Å². The van der Waals surface area contributed by atoms with Crippen LogP contribution in [-0.2, 0) is 12.8 Å². The predicted molar refractivity (Wildman–Crippen MR) is 240 cm³/mol. The molecule has 0 heterocycles. The molecule has 0 aliphatic rings. The van der Waals surface area contributed by atoms with Crippen molar-refractivity contribution in [2.75, 3.05) is 11.5 Å². The summed E-state index contributed by atoms with van der Waals surface area (Å²) in [5.74, 6) is 11.5. The molecule has 0 aromatic heterocycles. The minimum atomic E-state index is 0.850. The molecule has 0 N–H and O–H groups in total. The van der Waals surface area contributed by atoms with Crippen LogP contribution in [0.2, 0.25) is 0 Å². The molecule has 0 aliphatic carbocycles. The van der Waals surface area contributed by atoms with E-state index in [1.165, 1.54) is 198 Å². The summed E-state index contributed by atoms with van der Waals surface area (Å²) in [7, 11) is 0. The van der Waals surface area contributed by atoms with Gasteiger partial charge in [-0.3, -0.25) is 0 Å². The number of aryl methyl sites for hydroxylation is 2. The summed E-state index contributed by atoms with van der Waals surface area (Å²) in [6.07, 6.45) is 35.6. The molecule has 2 aromatic carbocycles. The normalized spacial score (nSPS) is 12.5. The van der Waals surface area contributed by atoms with Crippen molar-refractivity contribution >= 4 is 23.5 Å². The molecule has 0 radical (unpaired) electrons. The van der Waals surface area contributed by atoms with E-state index in [2.05, 4.69) is 113 Å². The predicted octanol–water partition coefficient (Wildman–Crippen LogP) is 17.1. The zero-order valence-corrected chi connectivity index (χ0v) is 36.9. The van der Waals surface area contributed by atoms with Gasteiger partial charge in [0, 0.05) is 32.4 Å². The number of hydrogen-bond donors (Lipinski definition) is 0. The van der Waals surface area contributed by atoms with Crippen LogP contribution in [-0.4, -0.2) is 11.5 Å². The van der Waals surface area contributed by atoms with Crippen LogP contribution in [0.5, 0.6) is 0 Å². The van der Waals surface area contributed by atoms with Crippen molar-refractivity contribution in [1.82, 2.24) is 0 Å². The van der Waals surface area contributed by atoms with Crippen molar-refractivity contribution in [3.8, 4) is 11.8 Å². The second-order valence-electron chi connectivity index (χ2n) is 15.8. The lowest BCUT2D eigenvalue weighted by Gasteiger charge is -2.17. The Kier molecular flexibility index (Phi) is 28.8. The van der Waals surface area contributed by atoms with Crippen LogP contribution in [0, 0.1) is 23.7 Å². The first-order valence-electron chi connectivity index (χ1n) is 22.6. The van der Waals surface area contributed by atoms with Gasteiger partial charge in [0.15, 0.2) is 0 Å². The fourth-order valence-electron chi connectivity index (χ4n) is 7.48. The monoisotopic (exact) mass is 747 g/mol. The molecule has 0 saturated heterocycles. The van der Waals surface area contributed by atoms with Gasteiger partial charge in [0.25, 0.3) is 0 Å². The standard InChI is InChI=1S/C50H82S2/c1-7-13-17-21-23-27-31-43(29-25-19-15-9-3)41-51-49-37-35-47(45(11-5)39-49)33-34-48-36-38-50(40-46(48)12-6)52-42-44(30-26-20-16-10-4)32-28-24-22-18-14-8-2/h35-40,43-44H,7-32,41-42H2,1-6H3. The van der Waals surface area contributed by atoms with Crippen molar-refractivity contribution in [1.29, 1.82) is 0 Å². The molecule has 0 nitrogen and oxygen atoms in total. The fraction of sp³-hybridized carbons (Fsp3) is 0.720. The van der Waals surface area contributed by atoms with Crippen LogP contribution < -0.4 is 0 Å². The highest BCUT2D eigenvalue weighted by molar-refractivity contribution is 7.99. The Morgan fingerprint density at radius 3 is 1.04 bits per heavy atom. The molecule has 294 valence electrons. The second-order valence-corrected chi connectivity index (χ2v) is 17.9. The Balaban J connectivity index is 2.01. The summed E-state index contributed by atoms with van der Waals surface area (Å²) >= 11 is 4.19. The summed E-state index contributed by atoms with van der Waals surface area (Å²) in [5, 5.41) is 0. The van der Waals surface area contributed by atoms with E-state index in [1.807, 2.05) is 0 Å². The highest BCUT2D eigenvalue weighted by Crippen LogP contribution is 2.31. The topological polar surface area (TPSA) is 0 Å². The smallest absolute Gasteiger partial charge is 0.0281 e. The van der Waals surface area contributed by atoms with E-state index in [9.17, 15) is 0 Å². The van der Waals surface area contributed by atoms with Gasteiger partial charge >= 0.3 is 0 Å². The Morgan fingerprint density at radius 2 is 0.712 bits per heavy atom. The summed E-state index contributed by atoms with van der Waals surface area (Å²) in [6, 6.07) is 14.2. The SMILES string of the molecule is CCCCCCCCC(CCCCCC)CSc1ccc(C#Cc2ccc(SCC(CCCCCC)CCCCCCCC)cc2CC)c(CC)c1. The van der Waals surface area contributed by atoms with Crippen LogP contribution >= 0.6 is 23.5 Å². The van der Waals surface area contributed by atoms with Gasteiger partial charge < -0.3 is 0 Å². The molecule has 52 heavy (non-hydrogen) atoms. The van der Waals surface area contributed by atoms with Gasteiger partial charge in [0.05, 0.1) is 0 Å². The maximum atomic E-state index is 3.61. The maximum absolute atomic E-state index is 3.61. The number of unbranched alkanes of at least 4 members (excludes halogenated alkanes) is 16. The third-order valence-electron chi connectivity index (χ3n) is 11.1. The second kappa shape index (κ2) is 32.0. The first kappa shape index (κ1) is 46.9. The first-order valence-corrected chi connectivity index (χ1v) is 24.6. The summed E-state index contributed by atoms with van der Waals surface area (Å²) < 4.78 is 0. The molecule has 2 rings (SSSR count). The third-order valence-corrected chi connectivity index (χ3v) is 13.5. The van der Waals surface area contributed by atoms with Crippen LogP contribution in [0.3, 0.4) is 0 Å². The zero-order chi connectivity index (χ0) is 37.5. The van der Waals surface area contributed by atoms with E-state index < -0.39 is 0 Å². The minimum absolute atomic E-state index is 0.850. The number of rotatable bonds is 32. The number of thioether (sulfide) groups is 2. The highest BCUT2D eigenvalue weighted by atomic mass is 32.2. The summed E-state index contributed by atoms with van der Waals surface area (Å²) in [4.78, 5) is 2.86. The molecule has 2 atom stereocenters. The van der Waals surface area contributed by atoms with Crippen LogP contribution in [0.15, 0.2) is 46.2 Å².